The van der Waals surface area contributed by atoms with Gasteiger partial charge in [-0.05, 0) is 41.7 Å². The third-order valence-corrected chi connectivity index (χ3v) is 6.96. The Labute approximate surface area is 214 Å². The van der Waals surface area contributed by atoms with E-state index < -0.39 is 30.5 Å². The molecule has 190 valence electrons. The van der Waals surface area contributed by atoms with Crippen molar-refractivity contribution in [3.63, 3.8) is 0 Å². The molecule has 0 unspecified atom stereocenters. The van der Waals surface area contributed by atoms with Gasteiger partial charge in [-0.1, -0.05) is 56.3 Å². The van der Waals surface area contributed by atoms with E-state index >= 15 is 0 Å². The van der Waals surface area contributed by atoms with Crippen LogP contribution in [0.2, 0.25) is 0 Å². The van der Waals surface area contributed by atoms with Crippen molar-refractivity contribution in [3.05, 3.63) is 64.0 Å². The molecule has 1 aromatic heterocycles. The maximum atomic E-state index is 12.8. The predicted octanol–water partition coefficient (Wildman–Crippen LogP) is 4.17. The zero-order valence-electron chi connectivity index (χ0n) is 21.0. The third-order valence-electron chi connectivity index (χ3n) is 5.84. The normalized spacial score (nSPS) is 11.7. The number of esters is 2. The summed E-state index contributed by atoms with van der Waals surface area (Å²) in [5, 5.41) is 7.69. The van der Waals surface area contributed by atoms with Gasteiger partial charge in [0, 0.05) is 4.88 Å². The van der Waals surface area contributed by atoms with Crippen molar-refractivity contribution in [3.8, 4) is 0 Å². The summed E-state index contributed by atoms with van der Waals surface area (Å²) in [7, 11) is 1.27. The predicted molar refractivity (Wildman–Crippen MR) is 139 cm³/mol. The molecule has 3 rings (SSSR count). The largest absolute Gasteiger partial charge is 0.465 e. The summed E-state index contributed by atoms with van der Waals surface area (Å²) < 4.78 is 10.0. The van der Waals surface area contributed by atoms with Crippen LogP contribution in [0.4, 0.5) is 5.00 Å². The van der Waals surface area contributed by atoms with Crippen LogP contribution in [0.1, 0.15) is 40.2 Å². The van der Waals surface area contributed by atoms with Gasteiger partial charge < -0.3 is 20.1 Å². The fourth-order valence-electron chi connectivity index (χ4n) is 3.79. The molecule has 1 heterocycles. The maximum Gasteiger partial charge on any atom is 0.341 e. The molecule has 0 spiro atoms. The Bertz CT molecular complexity index is 1290. The number of anilines is 1. The highest BCUT2D eigenvalue weighted by Gasteiger charge is 2.27. The van der Waals surface area contributed by atoms with E-state index in [1.165, 1.54) is 18.4 Å². The van der Waals surface area contributed by atoms with Crippen molar-refractivity contribution in [1.29, 1.82) is 0 Å². The average Bonchev–Trinajstić information content (AvgIpc) is 3.13. The van der Waals surface area contributed by atoms with Gasteiger partial charge in [0.25, 0.3) is 5.91 Å². The zero-order chi connectivity index (χ0) is 26.4. The van der Waals surface area contributed by atoms with Crippen LogP contribution in [0.5, 0.6) is 0 Å². The van der Waals surface area contributed by atoms with Gasteiger partial charge in [-0.2, -0.15) is 0 Å². The van der Waals surface area contributed by atoms with E-state index in [9.17, 15) is 19.2 Å². The standard InChI is InChI=1S/C27H30N2O6S/c1-15(2)24(28-21(30)13-19-11-8-10-18-9-6-7-12-20(18)19)27(33)35-14-22(31)29-25-23(26(32)34-5)16(3)17(4)36-25/h6-12,15,24H,13-14H2,1-5H3,(H,28,30)(H,29,31)/t24-/m0/s1. The van der Waals surface area contributed by atoms with Crippen LogP contribution in [0.25, 0.3) is 10.8 Å². The van der Waals surface area contributed by atoms with E-state index in [-0.39, 0.29) is 23.8 Å². The first-order valence-electron chi connectivity index (χ1n) is 11.5. The molecule has 2 N–H and O–H groups in total. The number of thiophene rings is 1. The second-order valence-corrected chi connectivity index (χ2v) is 9.96. The lowest BCUT2D eigenvalue weighted by atomic mass is 10.0. The second-order valence-electron chi connectivity index (χ2n) is 8.74. The van der Waals surface area contributed by atoms with Gasteiger partial charge in [-0.3, -0.25) is 9.59 Å². The number of carbonyl (C=O) groups excluding carboxylic acids is 4. The summed E-state index contributed by atoms with van der Waals surface area (Å²) >= 11 is 1.24. The highest BCUT2D eigenvalue weighted by atomic mass is 32.1. The second kappa shape index (κ2) is 11.8. The molecule has 0 aliphatic heterocycles. The summed E-state index contributed by atoms with van der Waals surface area (Å²) in [6.07, 6.45) is 0.103. The Morgan fingerprint density at radius 2 is 1.67 bits per heavy atom. The Balaban J connectivity index is 1.61. The van der Waals surface area contributed by atoms with Crippen LogP contribution in [0.3, 0.4) is 0 Å². The molecule has 0 aliphatic carbocycles. The van der Waals surface area contributed by atoms with Crippen LogP contribution < -0.4 is 10.6 Å². The number of aryl methyl sites for hydroxylation is 1. The molecule has 0 radical (unpaired) electrons. The van der Waals surface area contributed by atoms with Gasteiger partial charge in [-0.25, -0.2) is 9.59 Å². The molecule has 0 fully saturated rings. The molecule has 0 saturated heterocycles. The number of methoxy groups -OCH3 is 1. The lowest BCUT2D eigenvalue weighted by Crippen LogP contribution is -2.46. The van der Waals surface area contributed by atoms with Crippen LogP contribution in [0, 0.1) is 19.8 Å². The van der Waals surface area contributed by atoms with Crippen molar-refractivity contribution in [2.45, 2.75) is 40.2 Å². The van der Waals surface area contributed by atoms with Gasteiger partial charge in [0.05, 0.1) is 19.1 Å². The third kappa shape index (κ3) is 6.28. The molecule has 9 heteroatoms. The van der Waals surface area contributed by atoms with E-state index in [1.807, 2.05) is 49.4 Å². The monoisotopic (exact) mass is 510 g/mol. The lowest BCUT2D eigenvalue weighted by molar-refractivity contribution is -0.151. The summed E-state index contributed by atoms with van der Waals surface area (Å²) in [6.45, 7) is 6.60. The van der Waals surface area contributed by atoms with Gasteiger partial charge in [0.1, 0.15) is 11.0 Å². The van der Waals surface area contributed by atoms with Crippen molar-refractivity contribution in [2.75, 3.05) is 19.0 Å². The number of hydrogen-bond donors (Lipinski definition) is 2. The van der Waals surface area contributed by atoms with E-state index in [0.29, 0.717) is 10.6 Å². The molecular weight excluding hydrogens is 480 g/mol. The van der Waals surface area contributed by atoms with Gasteiger partial charge in [-0.15, -0.1) is 11.3 Å². The van der Waals surface area contributed by atoms with Gasteiger partial charge in [0.2, 0.25) is 5.91 Å². The Morgan fingerprint density at radius 3 is 2.36 bits per heavy atom. The first-order valence-corrected chi connectivity index (χ1v) is 12.3. The van der Waals surface area contributed by atoms with Crippen LogP contribution in [-0.4, -0.2) is 43.5 Å². The molecule has 2 aromatic carbocycles. The minimum Gasteiger partial charge on any atom is -0.465 e. The Kier molecular flexibility index (Phi) is 8.82. The van der Waals surface area contributed by atoms with E-state index in [1.54, 1.807) is 20.8 Å². The summed E-state index contributed by atoms with van der Waals surface area (Å²) in [5.74, 6) is -2.44. The number of benzene rings is 2. The molecular formula is C27H30N2O6S. The maximum absolute atomic E-state index is 12.8. The van der Waals surface area contributed by atoms with E-state index in [2.05, 4.69) is 10.6 Å². The quantitative estimate of drug-likeness (QED) is 0.418. The van der Waals surface area contributed by atoms with E-state index in [4.69, 9.17) is 9.47 Å². The van der Waals surface area contributed by atoms with Gasteiger partial charge >= 0.3 is 11.9 Å². The van der Waals surface area contributed by atoms with Crippen LogP contribution in [-0.2, 0) is 30.3 Å². The highest BCUT2D eigenvalue weighted by molar-refractivity contribution is 7.16. The highest BCUT2D eigenvalue weighted by Crippen LogP contribution is 2.32. The minimum atomic E-state index is -0.919. The summed E-state index contributed by atoms with van der Waals surface area (Å²) in [5.41, 5.74) is 1.84. The van der Waals surface area contributed by atoms with Crippen molar-refractivity contribution in [2.24, 2.45) is 5.92 Å². The Hall–Kier alpha value is -3.72. The molecule has 36 heavy (non-hydrogen) atoms. The smallest absolute Gasteiger partial charge is 0.341 e. The summed E-state index contributed by atoms with van der Waals surface area (Å²) in [4.78, 5) is 50.9. The van der Waals surface area contributed by atoms with E-state index in [0.717, 1.165) is 21.2 Å². The summed E-state index contributed by atoms with van der Waals surface area (Å²) in [6, 6.07) is 12.6. The first-order chi connectivity index (χ1) is 17.1. The first kappa shape index (κ1) is 26.9. The Morgan fingerprint density at radius 1 is 0.972 bits per heavy atom. The lowest BCUT2D eigenvalue weighted by Gasteiger charge is -2.21. The fourth-order valence-corrected chi connectivity index (χ4v) is 4.86. The number of rotatable bonds is 9. The molecule has 1 atom stereocenters. The van der Waals surface area contributed by atoms with Gasteiger partial charge in [0.15, 0.2) is 6.61 Å². The topological polar surface area (TPSA) is 111 Å². The van der Waals surface area contributed by atoms with Crippen molar-refractivity contribution >= 4 is 50.9 Å². The number of carbonyl (C=O) groups is 4. The molecule has 0 aliphatic rings. The minimum absolute atomic E-state index is 0.103. The number of nitrogens with one attached hydrogen (secondary N) is 2. The number of amides is 2. The SMILES string of the molecule is COC(=O)c1c(NC(=O)COC(=O)[C@@H](NC(=O)Cc2cccc3ccccc23)C(C)C)sc(C)c1C. The molecule has 3 aromatic rings. The number of hydrogen-bond acceptors (Lipinski definition) is 7. The van der Waals surface area contributed by atoms with Crippen molar-refractivity contribution < 1.29 is 28.7 Å². The van der Waals surface area contributed by atoms with Crippen LogP contribution >= 0.6 is 11.3 Å². The fraction of sp³-hybridized carbons (Fsp3) is 0.333. The van der Waals surface area contributed by atoms with Crippen molar-refractivity contribution in [1.82, 2.24) is 5.32 Å². The molecule has 8 nitrogen and oxygen atoms in total. The average molecular weight is 511 g/mol. The molecule has 0 bridgehead atoms. The number of ether oxygens (including phenoxy) is 2. The van der Waals surface area contributed by atoms with Crippen LogP contribution in [0.15, 0.2) is 42.5 Å². The zero-order valence-corrected chi connectivity index (χ0v) is 21.8. The molecule has 2 amide bonds. The molecule has 0 saturated carbocycles. The number of fused-ring (bicyclic) bond motifs is 1.